The molecule has 1 aliphatic rings. The summed E-state index contributed by atoms with van der Waals surface area (Å²) in [5.41, 5.74) is 6.83. The molecule has 38 heavy (non-hydrogen) atoms. The molecule has 194 valence electrons. The number of rotatable bonds is 7. The van der Waals surface area contributed by atoms with Crippen LogP contribution in [-0.2, 0) is 20.0 Å². The Morgan fingerprint density at radius 2 is 1.74 bits per heavy atom. The van der Waals surface area contributed by atoms with Crippen LogP contribution in [0, 0.1) is 0 Å². The van der Waals surface area contributed by atoms with E-state index in [2.05, 4.69) is 12.1 Å². The van der Waals surface area contributed by atoms with Crippen LogP contribution in [0.3, 0.4) is 0 Å². The number of methoxy groups -OCH3 is 2. The van der Waals surface area contributed by atoms with Crippen molar-refractivity contribution >= 4 is 28.4 Å². The molecule has 7 heteroatoms. The average molecular weight is 511 g/mol. The number of aromatic nitrogens is 1. The number of aromatic carboxylic acids is 1. The molecule has 5 rings (SSSR count). The number of aryl methyl sites for hydroxylation is 1. The number of carboxylic acid groups (broad SMARTS) is 1. The van der Waals surface area contributed by atoms with E-state index in [1.54, 1.807) is 62.6 Å². The van der Waals surface area contributed by atoms with Crippen LogP contribution in [-0.4, -0.2) is 47.7 Å². The summed E-state index contributed by atoms with van der Waals surface area (Å²) >= 11 is 0. The second-order valence-electron chi connectivity index (χ2n) is 9.45. The molecule has 3 aromatic carbocycles. The zero-order chi connectivity index (χ0) is 27.0. The molecule has 0 saturated carbocycles. The van der Waals surface area contributed by atoms with E-state index in [4.69, 9.17) is 9.47 Å². The summed E-state index contributed by atoms with van der Waals surface area (Å²) in [7, 11) is 6.98. The molecule has 0 unspecified atom stereocenters. The number of allylic oxidation sites excluding steroid dienone is 1. The van der Waals surface area contributed by atoms with Gasteiger partial charge in [0.05, 0.1) is 26.3 Å². The molecular formula is C31H30N2O5. The Kier molecular flexibility index (Phi) is 6.68. The minimum absolute atomic E-state index is 0.116. The SMILES string of the molecule is COc1ccc(C(=O)N(C)Cc2c(C3=CCCc4c(OC)cccc43)c3ccc(C(=O)O)cc3n2C)cc1. The first-order valence-corrected chi connectivity index (χ1v) is 12.4. The van der Waals surface area contributed by atoms with Crippen molar-refractivity contribution in [3.8, 4) is 11.5 Å². The number of carbonyl (C=O) groups excluding carboxylic acids is 1. The number of ether oxygens (including phenoxy) is 2. The molecule has 0 atom stereocenters. The largest absolute Gasteiger partial charge is 0.497 e. The van der Waals surface area contributed by atoms with E-state index in [-0.39, 0.29) is 11.5 Å². The Bertz CT molecular complexity index is 1580. The zero-order valence-corrected chi connectivity index (χ0v) is 21.9. The quantitative estimate of drug-likeness (QED) is 0.353. The fourth-order valence-electron chi connectivity index (χ4n) is 5.33. The van der Waals surface area contributed by atoms with Crippen molar-refractivity contribution in [2.24, 2.45) is 7.05 Å². The van der Waals surface area contributed by atoms with Crippen molar-refractivity contribution in [1.29, 1.82) is 0 Å². The summed E-state index contributed by atoms with van der Waals surface area (Å²) in [6.45, 7) is 0.338. The van der Waals surface area contributed by atoms with Gasteiger partial charge in [0.25, 0.3) is 5.91 Å². The third-order valence-electron chi connectivity index (χ3n) is 7.29. The molecule has 7 nitrogen and oxygen atoms in total. The number of hydrogen-bond acceptors (Lipinski definition) is 4. The molecule has 1 amide bonds. The van der Waals surface area contributed by atoms with E-state index < -0.39 is 5.97 Å². The topological polar surface area (TPSA) is 81.0 Å². The Balaban J connectivity index is 1.65. The van der Waals surface area contributed by atoms with E-state index in [1.807, 2.05) is 29.8 Å². The third-order valence-corrected chi connectivity index (χ3v) is 7.29. The lowest BCUT2D eigenvalue weighted by atomic mass is 9.85. The van der Waals surface area contributed by atoms with Crippen molar-refractivity contribution in [3.05, 3.63) is 100 Å². The number of amides is 1. The predicted octanol–water partition coefficient (Wildman–Crippen LogP) is 5.54. The Labute approximate surface area is 221 Å². The third kappa shape index (κ3) is 4.30. The maximum Gasteiger partial charge on any atom is 0.335 e. The van der Waals surface area contributed by atoms with Gasteiger partial charge in [-0.05, 0) is 66.4 Å². The molecule has 4 aromatic rings. The smallest absolute Gasteiger partial charge is 0.335 e. The lowest BCUT2D eigenvalue weighted by molar-refractivity contribution is 0.0696. The molecule has 1 heterocycles. The van der Waals surface area contributed by atoms with Crippen molar-refractivity contribution in [2.75, 3.05) is 21.3 Å². The highest BCUT2D eigenvalue weighted by molar-refractivity contribution is 6.03. The van der Waals surface area contributed by atoms with Crippen LogP contribution in [0.1, 0.15) is 49.5 Å². The summed E-state index contributed by atoms with van der Waals surface area (Å²) in [6.07, 6.45) is 3.96. The van der Waals surface area contributed by atoms with Crippen LogP contribution < -0.4 is 9.47 Å². The maximum absolute atomic E-state index is 13.4. The molecule has 0 fully saturated rings. The van der Waals surface area contributed by atoms with Gasteiger partial charge in [0, 0.05) is 47.4 Å². The van der Waals surface area contributed by atoms with Crippen LogP contribution in [0.15, 0.2) is 66.7 Å². The van der Waals surface area contributed by atoms with E-state index >= 15 is 0 Å². The van der Waals surface area contributed by atoms with Gasteiger partial charge in [-0.15, -0.1) is 0 Å². The molecule has 0 saturated heterocycles. The van der Waals surface area contributed by atoms with E-state index in [0.717, 1.165) is 57.5 Å². The highest BCUT2D eigenvalue weighted by atomic mass is 16.5. The minimum atomic E-state index is -0.977. The molecule has 1 aliphatic carbocycles. The number of hydrogen-bond donors (Lipinski definition) is 1. The highest BCUT2D eigenvalue weighted by Gasteiger charge is 2.26. The maximum atomic E-state index is 13.4. The Morgan fingerprint density at radius 1 is 1.00 bits per heavy atom. The number of nitrogens with zero attached hydrogens (tertiary/aromatic N) is 2. The first-order chi connectivity index (χ1) is 18.3. The summed E-state index contributed by atoms with van der Waals surface area (Å²) in [5.74, 6) is 0.451. The van der Waals surface area contributed by atoms with Crippen LogP contribution in [0.25, 0.3) is 16.5 Å². The van der Waals surface area contributed by atoms with E-state index in [0.29, 0.717) is 17.9 Å². The van der Waals surface area contributed by atoms with Crippen LogP contribution in [0.2, 0.25) is 0 Å². The first kappa shape index (κ1) is 25.1. The number of carboxylic acids is 1. The van der Waals surface area contributed by atoms with Gasteiger partial charge >= 0.3 is 5.97 Å². The zero-order valence-electron chi connectivity index (χ0n) is 21.9. The summed E-state index contributed by atoms with van der Waals surface area (Å²) in [5, 5.41) is 10.6. The van der Waals surface area contributed by atoms with Crippen LogP contribution in [0.4, 0.5) is 0 Å². The monoisotopic (exact) mass is 510 g/mol. The standard InChI is InChI=1S/C31H30N2O5/c1-32(30(34)19-11-14-21(37-3)15-12-19)18-27-29(25-16-13-20(31(35)36)17-26(25)33(27)2)24-9-5-8-23-22(24)7-6-10-28(23)38-4/h6-7,9-17H,5,8,18H2,1-4H3,(H,35,36). The molecule has 0 spiro atoms. The van der Waals surface area contributed by atoms with Gasteiger partial charge in [0.2, 0.25) is 0 Å². The van der Waals surface area contributed by atoms with Gasteiger partial charge in [-0.3, -0.25) is 4.79 Å². The van der Waals surface area contributed by atoms with Crippen molar-refractivity contribution in [2.45, 2.75) is 19.4 Å². The number of benzene rings is 3. The number of fused-ring (bicyclic) bond motifs is 2. The average Bonchev–Trinajstić information content (AvgIpc) is 3.22. The predicted molar refractivity (Wildman–Crippen MR) is 147 cm³/mol. The fraction of sp³-hybridized carbons (Fsp3) is 0.226. The second kappa shape index (κ2) is 10.1. The van der Waals surface area contributed by atoms with Crippen molar-refractivity contribution in [1.82, 2.24) is 9.47 Å². The Hall–Kier alpha value is -4.52. The second-order valence-corrected chi connectivity index (χ2v) is 9.45. The van der Waals surface area contributed by atoms with Crippen molar-refractivity contribution in [3.63, 3.8) is 0 Å². The summed E-state index contributed by atoms with van der Waals surface area (Å²) < 4.78 is 12.9. The van der Waals surface area contributed by atoms with E-state index in [9.17, 15) is 14.7 Å². The summed E-state index contributed by atoms with van der Waals surface area (Å²) in [6, 6.07) is 18.3. The first-order valence-electron chi connectivity index (χ1n) is 12.4. The molecule has 1 N–H and O–H groups in total. The van der Waals surface area contributed by atoms with Gasteiger partial charge in [0.15, 0.2) is 0 Å². The lowest BCUT2D eigenvalue weighted by Crippen LogP contribution is -2.27. The molecule has 1 aromatic heterocycles. The lowest BCUT2D eigenvalue weighted by Gasteiger charge is -2.23. The van der Waals surface area contributed by atoms with Gasteiger partial charge in [-0.25, -0.2) is 4.79 Å². The van der Waals surface area contributed by atoms with Gasteiger partial charge in [-0.1, -0.05) is 24.3 Å². The van der Waals surface area contributed by atoms with Gasteiger partial charge < -0.3 is 24.0 Å². The summed E-state index contributed by atoms with van der Waals surface area (Å²) in [4.78, 5) is 26.8. The van der Waals surface area contributed by atoms with Crippen LogP contribution >= 0.6 is 0 Å². The molecule has 0 radical (unpaired) electrons. The normalized spacial score (nSPS) is 12.6. The van der Waals surface area contributed by atoms with E-state index in [1.165, 1.54) is 0 Å². The van der Waals surface area contributed by atoms with Crippen molar-refractivity contribution < 1.29 is 24.2 Å². The molecular weight excluding hydrogens is 480 g/mol. The fourth-order valence-corrected chi connectivity index (χ4v) is 5.33. The minimum Gasteiger partial charge on any atom is -0.497 e. The van der Waals surface area contributed by atoms with Gasteiger partial charge in [0.1, 0.15) is 11.5 Å². The number of carbonyl (C=O) groups is 2. The highest BCUT2D eigenvalue weighted by Crippen LogP contribution is 2.41. The molecule has 0 aliphatic heterocycles. The van der Waals surface area contributed by atoms with Gasteiger partial charge in [-0.2, -0.15) is 0 Å². The Morgan fingerprint density at radius 3 is 2.42 bits per heavy atom. The molecule has 0 bridgehead atoms. The van der Waals surface area contributed by atoms with Crippen LogP contribution in [0.5, 0.6) is 11.5 Å².